The Kier molecular flexibility index (Phi) is 37.9. The molecule has 0 bridgehead atoms. The number of amides is 1. The molecule has 12 unspecified atom stereocenters. The van der Waals surface area contributed by atoms with Gasteiger partial charge in [0.25, 0.3) is 0 Å². The fourth-order valence-corrected chi connectivity index (χ4v) is 8.83. The van der Waals surface area contributed by atoms with E-state index in [2.05, 4.69) is 55.6 Å². The van der Waals surface area contributed by atoms with E-state index in [9.17, 15) is 45.6 Å². The maximum Gasteiger partial charge on any atom is 0.220 e. The molecule has 0 aliphatic carbocycles. The Balaban J connectivity index is 1.82. The number of nitrogens with one attached hydrogen (secondary N) is 1. The number of ether oxygens (including phenoxy) is 4. The number of allylic oxidation sites excluding steroid dienone is 7. The molecule has 0 radical (unpaired) electrons. The number of rotatable bonds is 42. The molecule has 0 aromatic carbocycles. The van der Waals surface area contributed by atoms with Crippen LogP contribution in [-0.2, 0) is 23.7 Å². The molecule has 0 spiro atoms. The topological polar surface area (TPSA) is 228 Å². The molecule has 9 N–H and O–H groups in total. The first kappa shape index (κ1) is 63.1. The van der Waals surface area contributed by atoms with Gasteiger partial charge in [-0.1, -0.05) is 191 Å². The summed E-state index contributed by atoms with van der Waals surface area (Å²) in [5, 5.41) is 86.9. The molecule has 402 valence electrons. The van der Waals surface area contributed by atoms with Crippen molar-refractivity contribution >= 4 is 5.91 Å². The molecule has 2 fully saturated rings. The van der Waals surface area contributed by atoms with Crippen LogP contribution in [0.4, 0.5) is 0 Å². The largest absolute Gasteiger partial charge is 0.394 e. The van der Waals surface area contributed by atoms with Gasteiger partial charge in [-0.05, 0) is 51.4 Å². The van der Waals surface area contributed by atoms with Gasteiger partial charge < -0.3 is 65.1 Å². The molecule has 14 nitrogen and oxygen atoms in total. The second-order valence-corrected chi connectivity index (χ2v) is 19.3. The lowest BCUT2D eigenvalue weighted by atomic mass is 9.97. The lowest BCUT2D eigenvalue weighted by molar-refractivity contribution is -0.359. The molecule has 14 heteroatoms. The second-order valence-electron chi connectivity index (χ2n) is 19.3. The smallest absolute Gasteiger partial charge is 0.220 e. The molecule has 2 heterocycles. The van der Waals surface area contributed by atoms with Crippen LogP contribution in [0.2, 0.25) is 0 Å². The summed E-state index contributed by atoms with van der Waals surface area (Å²) in [7, 11) is 0. The van der Waals surface area contributed by atoms with Crippen molar-refractivity contribution in [1.29, 1.82) is 0 Å². The van der Waals surface area contributed by atoms with Gasteiger partial charge in [0.05, 0.1) is 32.0 Å². The Morgan fingerprint density at radius 1 is 0.536 bits per heavy atom. The van der Waals surface area contributed by atoms with Gasteiger partial charge in [0.15, 0.2) is 12.6 Å². The number of hydrogen-bond acceptors (Lipinski definition) is 13. The Morgan fingerprint density at radius 2 is 1.00 bits per heavy atom. The van der Waals surface area contributed by atoms with Gasteiger partial charge in [0.2, 0.25) is 5.91 Å². The lowest BCUT2D eigenvalue weighted by Gasteiger charge is -2.46. The van der Waals surface area contributed by atoms with Crippen LogP contribution in [0.15, 0.2) is 48.6 Å². The van der Waals surface area contributed by atoms with E-state index >= 15 is 0 Å². The van der Waals surface area contributed by atoms with E-state index in [-0.39, 0.29) is 18.9 Å². The minimum atomic E-state index is -1.79. The average Bonchev–Trinajstić information content (AvgIpc) is 3.35. The highest BCUT2D eigenvalue weighted by Crippen LogP contribution is 2.30. The van der Waals surface area contributed by atoms with E-state index in [0.29, 0.717) is 6.42 Å². The van der Waals surface area contributed by atoms with Crippen LogP contribution < -0.4 is 5.32 Å². The fraction of sp³-hybridized carbons (Fsp3) is 0.836. The molecule has 2 saturated heterocycles. The van der Waals surface area contributed by atoms with Crippen molar-refractivity contribution in [3.63, 3.8) is 0 Å². The Morgan fingerprint density at radius 3 is 1.54 bits per heavy atom. The Labute approximate surface area is 416 Å². The minimum absolute atomic E-state index is 0.257. The minimum Gasteiger partial charge on any atom is -0.394 e. The third-order valence-electron chi connectivity index (χ3n) is 13.3. The quantitative estimate of drug-likeness (QED) is 0.0209. The zero-order chi connectivity index (χ0) is 50.3. The molecule has 2 aliphatic heterocycles. The van der Waals surface area contributed by atoms with E-state index in [1.807, 2.05) is 6.08 Å². The molecular weight excluding hydrogens is 883 g/mol. The fourth-order valence-electron chi connectivity index (χ4n) is 8.83. The summed E-state index contributed by atoms with van der Waals surface area (Å²) in [5.74, 6) is -0.257. The third kappa shape index (κ3) is 28.1. The molecule has 1 amide bonds. The van der Waals surface area contributed by atoms with Crippen molar-refractivity contribution in [2.75, 3.05) is 19.8 Å². The monoisotopic (exact) mass is 982 g/mol. The van der Waals surface area contributed by atoms with Crippen molar-refractivity contribution in [3.05, 3.63) is 48.6 Å². The van der Waals surface area contributed by atoms with Gasteiger partial charge in [-0.3, -0.25) is 4.79 Å². The molecule has 12 atom stereocenters. The van der Waals surface area contributed by atoms with E-state index < -0.39 is 86.8 Å². The second kappa shape index (κ2) is 41.4. The van der Waals surface area contributed by atoms with Crippen molar-refractivity contribution in [2.45, 2.75) is 274 Å². The maximum atomic E-state index is 13.2. The van der Waals surface area contributed by atoms with Gasteiger partial charge in [-0.15, -0.1) is 0 Å². The SMILES string of the molecule is CC/C=C\C/C=C\C/C=C\CCCCCCCC(=O)NC(COC1OC(CO)C(OC2OC(CO)C(O)C(O)C2O)C(O)C1O)C(O)/C=C/CCCCCCCCCCCCCCCCCCCC. The van der Waals surface area contributed by atoms with Crippen molar-refractivity contribution in [1.82, 2.24) is 5.32 Å². The summed E-state index contributed by atoms with van der Waals surface area (Å²) in [4.78, 5) is 13.2. The number of aliphatic hydroxyl groups is 8. The number of unbranched alkanes of at least 4 members (excludes halogenated alkanes) is 23. The normalized spacial score (nSPS) is 26.5. The zero-order valence-corrected chi connectivity index (χ0v) is 42.8. The first-order chi connectivity index (χ1) is 33.6. The highest BCUT2D eigenvalue weighted by molar-refractivity contribution is 5.76. The number of carbonyl (C=O) groups is 1. The van der Waals surface area contributed by atoms with E-state index in [1.54, 1.807) is 6.08 Å². The van der Waals surface area contributed by atoms with Crippen molar-refractivity contribution in [2.24, 2.45) is 0 Å². The summed E-state index contributed by atoms with van der Waals surface area (Å²) in [6.07, 6.45) is 32.9. The van der Waals surface area contributed by atoms with Crippen LogP contribution in [0, 0.1) is 0 Å². The maximum absolute atomic E-state index is 13.2. The zero-order valence-electron chi connectivity index (χ0n) is 42.8. The van der Waals surface area contributed by atoms with Crippen LogP contribution in [0.3, 0.4) is 0 Å². The van der Waals surface area contributed by atoms with Crippen LogP contribution in [0.25, 0.3) is 0 Å². The first-order valence-corrected chi connectivity index (χ1v) is 27.4. The highest BCUT2D eigenvalue weighted by atomic mass is 16.7. The van der Waals surface area contributed by atoms with E-state index in [4.69, 9.17) is 18.9 Å². The molecule has 0 aromatic heterocycles. The summed E-state index contributed by atoms with van der Waals surface area (Å²) < 4.78 is 22.7. The summed E-state index contributed by atoms with van der Waals surface area (Å²) in [5.41, 5.74) is 0. The number of hydrogen-bond donors (Lipinski definition) is 9. The van der Waals surface area contributed by atoms with Gasteiger partial charge in [0, 0.05) is 6.42 Å². The predicted octanol–water partition coefficient (Wildman–Crippen LogP) is 8.05. The summed E-state index contributed by atoms with van der Waals surface area (Å²) in [6.45, 7) is 2.67. The summed E-state index contributed by atoms with van der Waals surface area (Å²) >= 11 is 0. The molecular formula is C55H99NO13. The molecule has 0 saturated carbocycles. The summed E-state index contributed by atoms with van der Waals surface area (Å²) in [6, 6.07) is -0.924. The standard InChI is InChI=1S/C55H99NO13/c1-3-5-7-9-11-13-15-17-19-20-21-22-23-25-26-28-30-32-34-36-38-44(59)43(56-47(60)39-37-35-33-31-29-27-24-18-16-14-12-10-8-6-4-2)42-66-54-52(65)50(63)53(46(41-58)68-54)69-55-51(64)49(62)48(61)45(40-57)67-55/h6,8,12,14,18,24,36,38,43-46,48-55,57-59,61-65H,3-5,7,9-11,13,15-17,19-23,25-35,37,39-42H2,1-2H3,(H,56,60)/b8-6-,14-12-,24-18-,38-36+. The number of aliphatic hydroxyl groups excluding tert-OH is 8. The van der Waals surface area contributed by atoms with Gasteiger partial charge in [-0.2, -0.15) is 0 Å². The average molecular weight is 982 g/mol. The van der Waals surface area contributed by atoms with Crippen LogP contribution in [-0.4, -0.2) is 140 Å². The Hall–Kier alpha value is -2.05. The lowest BCUT2D eigenvalue weighted by Crippen LogP contribution is -2.65. The highest BCUT2D eigenvalue weighted by Gasteiger charge is 2.51. The molecule has 2 rings (SSSR count). The third-order valence-corrected chi connectivity index (χ3v) is 13.3. The van der Waals surface area contributed by atoms with Gasteiger partial charge in [-0.25, -0.2) is 0 Å². The molecule has 69 heavy (non-hydrogen) atoms. The van der Waals surface area contributed by atoms with Crippen molar-refractivity contribution < 1.29 is 64.6 Å². The Bertz CT molecular complexity index is 1340. The van der Waals surface area contributed by atoms with E-state index in [1.165, 1.54) is 103 Å². The first-order valence-electron chi connectivity index (χ1n) is 27.4. The van der Waals surface area contributed by atoms with Crippen LogP contribution in [0.5, 0.6) is 0 Å². The van der Waals surface area contributed by atoms with Gasteiger partial charge >= 0.3 is 0 Å². The van der Waals surface area contributed by atoms with Gasteiger partial charge in [0.1, 0.15) is 48.8 Å². The van der Waals surface area contributed by atoms with Crippen LogP contribution >= 0.6 is 0 Å². The molecule has 2 aliphatic rings. The molecule has 0 aromatic rings. The van der Waals surface area contributed by atoms with Crippen LogP contribution in [0.1, 0.15) is 200 Å². The van der Waals surface area contributed by atoms with Crippen molar-refractivity contribution in [3.8, 4) is 0 Å². The predicted molar refractivity (Wildman–Crippen MR) is 272 cm³/mol. The van der Waals surface area contributed by atoms with E-state index in [0.717, 1.165) is 70.6 Å². The number of carbonyl (C=O) groups excluding carboxylic acids is 1.